The van der Waals surface area contributed by atoms with Gasteiger partial charge in [-0.3, -0.25) is 0 Å². The monoisotopic (exact) mass is 354 g/mol. The molecule has 0 aliphatic rings. The Morgan fingerprint density at radius 3 is 2.31 bits per heavy atom. The van der Waals surface area contributed by atoms with Crippen LogP contribution < -0.4 is 10.4 Å². The number of rotatable bonds is 5. The molecule has 2 rings (SSSR count). The zero-order valence-electron chi connectivity index (χ0n) is 16.4. The average molecular weight is 354 g/mol. The van der Waals surface area contributed by atoms with Gasteiger partial charge in [-0.1, -0.05) is 69.8 Å². The summed E-state index contributed by atoms with van der Waals surface area (Å²) in [6.45, 7) is 13.6. The third-order valence-corrected chi connectivity index (χ3v) is 5.64. The molecule has 0 aromatic heterocycles. The van der Waals surface area contributed by atoms with Crippen molar-refractivity contribution in [3.8, 4) is 0 Å². The van der Waals surface area contributed by atoms with E-state index < -0.39 is 11.6 Å². The van der Waals surface area contributed by atoms with E-state index in [2.05, 4.69) is 27.4 Å². The van der Waals surface area contributed by atoms with Crippen LogP contribution in [0.1, 0.15) is 57.2 Å². The highest BCUT2D eigenvalue weighted by Crippen LogP contribution is 2.38. The summed E-state index contributed by atoms with van der Waals surface area (Å²) < 4.78 is 29.6. The van der Waals surface area contributed by atoms with Crippen molar-refractivity contribution in [3.05, 3.63) is 81.7 Å². The second-order valence-electron chi connectivity index (χ2n) is 7.13. The summed E-state index contributed by atoms with van der Waals surface area (Å²) in [5.41, 5.74) is 2.16. The number of benzene rings is 2. The third-order valence-electron chi connectivity index (χ3n) is 5.64. The molecular formula is C24H28F2. The van der Waals surface area contributed by atoms with Gasteiger partial charge in [0, 0.05) is 5.56 Å². The SMILES string of the molecule is C=C/C=c1/cccc/c1=C(/C)c1c(C(C)(CC)CC)cc(C)c(F)c1F. The average Bonchev–Trinajstić information content (AvgIpc) is 2.65. The molecule has 138 valence electrons. The van der Waals surface area contributed by atoms with E-state index in [4.69, 9.17) is 0 Å². The molecule has 2 aromatic rings. The molecule has 2 aromatic carbocycles. The number of hydrogen-bond acceptors (Lipinski definition) is 0. The molecule has 0 saturated carbocycles. The topological polar surface area (TPSA) is 0 Å². The summed E-state index contributed by atoms with van der Waals surface area (Å²) in [6.07, 6.45) is 5.31. The Labute approximate surface area is 155 Å². The molecule has 0 bridgehead atoms. The third kappa shape index (κ3) is 3.51. The Hall–Kier alpha value is -2.22. The van der Waals surface area contributed by atoms with Crippen molar-refractivity contribution in [2.45, 2.75) is 52.9 Å². The van der Waals surface area contributed by atoms with Crippen LogP contribution in [-0.2, 0) is 5.41 Å². The number of hydrogen-bond donors (Lipinski definition) is 0. The van der Waals surface area contributed by atoms with Crippen LogP contribution in [0.25, 0.3) is 11.6 Å². The van der Waals surface area contributed by atoms with E-state index in [0.717, 1.165) is 34.4 Å². The van der Waals surface area contributed by atoms with Crippen LogP contribution in [0.5, 0.6) is 0 Å². The largest absolute Gasteiger partial charge is 0.203 e. The van der Waals surface area contributed by atoms with Gasteiger partial charge in [0.15, 0.2) is 11.6 Å². The van der Waals surface area contributed by atoms with E-state index in [1.807, 2.05) is 43.3 Å². The summed E-state index contributed by atoms with van der Waals surface area (Å²) in [5.74, 6) is -1.51. The van der Waals surface area contributed by atoms with Gasteiger partial charge in [0.1, 0.15) is 0 Å². The molecule has 0 N–H and O–H groups in total. The Balaban J connectivity index is 3.04. The predicted octanol–water partition coefficient (Wildman–Crippen LogP) is 5.54. The van der Waals surface area contributed by atoms with E-state index in [-0.39, 0.29) is 5.41 Å². The molecule has 0 heterocycles. The van der Waals surface area contributed by atoms with Crippen LogP contribution in [0.15, 0.2) is 43.0 Å². The van der Waals surface area contributed by atoms with Crippen molar-refractivity contribution in [2.75, 3.05) is 0 Å². The first kappa shape index (κ1) is 20.1. The van der Waals surface area contributed by atoms with Gasteiger partial charge >= 0.3 is 0 Å². The number of aryl methyl sites for hydroxylation is 1. The van der Waals surface area contributed by atoms with Crippen LogP contribution in [0.3, 0.4) is 0 Å². The van der Waals surface area contributed by atoms with Gasteiger partial charge in [0.05, 0.1) is 0 Å². The molecule has 0 unspecified atom stereocenters. The second kappa shape index (κ2) is 7.99. The van der Waals surface area contributed by atoms with E-state index in [9.17, 15) is 4.39 Å². The molecule has 2 heteroatoms. The Bertz CT molecular complexity index is 931. The maximum atomic E-state index is 15.2. The minimum Gasteiger partial charge on any atom is -0.203 e. The summed E-state index contributed by atoms with van der Waals surface area (Å²) in [5, 5.41) is 1.84. The molecule has 0 aliphatic carbocycles. The van der Waals surface area contributed by atoms with E-state index >= 15 is 4.39 Å². The summed E-state index contributed by atoms with van der Waals surface area (Å²) in [7, 11) is 0. The van der Waals surface area contributed by atoms with Gasteiger partial charge < -0.3 is 0 Å². The fourth-order valence-electron chi connectivity index (χ4n) is 3.47. The molecule has 0 radical (unpaired) electrons. The first-order valence-electron chi connectivity index (χ1n) is 9.18. The number of halogens is 2. The molecule has 0 fully saturated rings. The number of allylic oxidation sites excluding steroid dienone is 1. The van der Waals surface area contributed by atoms with Gasteiger partial charge in [0.2, 0.25) is 0 Å². The predicted molar refractivity (Wildman–Crippen MR) is 108 cm³/mol. The van der Waals surface area contributed by atoms with Crippen LogP contribution in [0.2, 0.25) is 0 Å². The van der Waals surface area contributed by atoms with Crippen LogP contribution in [0, 0.1) is 18.6 Å². The summed E-state index contributed by atoms with van der Waals surface area (Å²) in [6, 6.07) is 9.58. The van der Waals surface area contributed by atoms with Gasteiger partial charge in [-0.05, 0) is 59.2 Å². The lowest BCUT2D eigenvalue weighted by atomic mass is 9.73. The highest BCUT2D eigenvalue weighted by molar-refractivity contribution is 5.69. The van der Waals surface area contributed by atoms with Crippen molar-refractivity contribution < 1.29 is 8.78 Å². The zero-order valence-corrected chi connectivity index (χ0v) is 16.4. The van der Waals surface area contributed by atoms with E-state index in [1.165, 1.54) is 0 Å². The van der Waals surface area contributed by atoms with Gasteiger partial charge in [-0.15, -0.1) is 0 Å². The smallest absolute Gasteiger partial charge is 0.166 e. The van der Waals surface area contributed by atoms with Crippen molar-refractivity contribution >= 4 is 11.6 Å². The van der Waals surface area contributed by atoms with Crippen molar-refractivity contribution in [2.24, 2.45) is 0 Å². The Kier molecular flexibility index (Phi) is 6.17. The Morgan fingerprint density at radius 2 is 1.73 bits per heavy atom. The molecule has 0 spiro atoms. The highest BCUT2D eigenvalue weighted by Gasteiger charge is 2.30. The first-order valence-corrected chi connectivity index (χ1v) is 9.18. The molecule has 26 heavy (non-hydrogen) atoms. The maximum Gasteiger partial charge on any atom is 0.166 e. The van der Waals surface area contributed by atoms with Crippen molar-refractivity contribution in [1.82, 2.24) is 0 Å². The minimum atomic E-state index is -0.761. The highest BCUT2D eigenvalue weighted by atomic mass is 19.2. The lowest BCUT2D eigenvalue weighted by Gasteiger charge is -2.31. The molecule has 0 saturated heterocycles. The lowest BCUT2D eigenvalue weighted by molar-refractivity contribution is 0.427. The zero-order chi connectivity index (χ0) is 19.5. The minimum absolute atomic E-state index is 0.215. The fourth-order valence-corrected chi connectivity index (χ4v) is 3.47. The van der Waals surface area contributed by atoms with Gasteiger partial charge in [-0.2, -0.15) is 0 Å². The molecule has 0 nitrogen and oxygen atoms in total. The van der Waals surface area contributed by atoms with Crippen LogP contribution in [0.4, 0.5) is 8.78 Å². The standard InChI is InChI=1S/C24H28F2/c1-7-12-18-13-10-11-14-19(18)17(5)21-20(24(6,8-2)9-3)15-16(4)22(25)23(21)26/h7,10-15H,1,8-9H2,2-6H3/b18-12-,19-17+. The normalized spacial score (nSPS) is 13.7. The molecule has 0 aliphatic heterocycles. The fraction of sp³-hybridized carbons (Fsp3) is 0.333. The maximum absolute atomic E-state index is 15.2. The van der Waals surface area contributed by atoms with Gasteiger partial charge in [0.25, 0.3) is 0 Å². The molecule has 0 atom stereocenters. The summed E-state index contributed by atoms with van der Waals surface area (Å²) >= 11 is 0. The van der Waals surface area contributed by atoms with Crippen LogP contribution in [-0.4, -0.2) is 0 Å². The van der Waals surface area contributed by atoms with E-state index in [0.29, 0.717) is 11.1 Å². The first-order chi connectivity index (χ1) is 12.3. The second-order valence-corrected chi connectivity index (χ2v) is 7.13. The van der Waals surface area contributed by atoms with Gasteiger partial charge in [-0.25, -0.2) is 8.78 Å². The van der Waals surface area contributed by atoms with Crippen molar-refractivity contribution in [1.29, 1.82) is 0 Å². The van der Waals surface area contributed by atoms with E-state index in [1.54, 1.807) is 13.0 Å². The van der Waals surface area contributed by atoms with Crippen molar-refractivity contribution in [3.63, 3.8) is 0 Å². The Morgan fingerprint density at radius 1 is 1.12 bits per heavy atom. The van der Waals surface area contributed by atoms with Crippen LogP contribution >= 0.6 is 0 Å². The lowest BCUT2D eigenvalue weighted by Crippen LogP contribution is -2.29. The molecule has 0 amide bonds. The molecular weight excluding hydrogens is 326 g/mol. The quantitative estimate of drug-likeness (QED) is 0.662. The summed E-state index contributed by atoms with van der Waals surface area (Å²) in [4.78, 5) is 0.